The summed E-state index contributed by atoms with van der Waals surface area (Å²) in [4.78, 5) is -0.186. The molecule has 4 rings (SSSR count). The molecule has 33 heavy (non-hydrogen) atoms. The smallest absolute Gasteiger partial charge is 0.380 e. The van der Waals surface area contributed by atoms with E-state index in [0.717, 1.165) is 29.8 Å². The van der Waals surface area contributed by atoms with Crippen LogP contribution >= 0.6 is 0 Å². The molecule has 0 aliphatic carbocycles. The average Bonchev–Trinajstić information content (AvgIpc) is 3.24. The predicted octanol–water partition coefficient (Wildman–Crippen LogP) is 4.85. The van der Waals surface area contributed by atoms with Gasteiger partial charge in [-0.15, -0.1) is 0 Å². The molecule has 170 valence electrons. The fourth-order valence-electron chi connectivity index (χ4n) is 4.01. The number of hydrogen-bond acceptors (Lipinski definition) is 4. The van der Waals surface area contributed by atoms with Crippen molar-refractivity contribution in [2.75, 3.05) is 18.4 Å². The molecule has 0 bridgehead atoms. The minimum absolute atomic E-state index is 0.125. The topological polar surface area (TPSA) is 73.2 Å². The quantitative estimate of drug-likeness (QED) is 0.578. The molecule has 0 saturated carbocycles. The Morgan fingerprint density at radius 1 is 0.939 bits per heavy atom. The van der Waals surface area contributed by atoms with Gasteiger partial charge >= 0.3 is 6.18 Å². The molecule has 5 nitrogen and oxygen atoms in total. The van der Waals surface area contributed by atoms with Gasteiger partial charge in [0.05, 0.1) is 22.1 Å². The standard InChI is InChI=1S/C24H20F3N3O2S/c25-24(26,27)19-9-11-21(12-10-19)33(31,32)30-15-22(18-6-2-1-3-7-18)23(16-30)29-20-8-4-5-17(13-20)14-28/h1-13,22-23,29H,15-16H2/t22-,23+/m1/s1. The molecular weight excluding hydrogens is 451 g/mol. The Bertz CT molecular complexity index is 1270. The van der Waals surface area contributed by atoms with Crippen LogP contribution in [0.4, 0.5) is 18.9 Å². The van der Waals surface area contributed by atoms with E-state index < -0.39 is 21.8 Å². The third kappa shape index (κ3) is 4.87. The van der Waals surface area contributed by atoms with E-state index >= 15 is 0 Å². The summed E-state index contributed by atoms with van der Waals surface area (Å²) in [6.07, 6.45) is -4.54. The molecule has 1 N–H and O–H groups in total. The Morgan fingerprint density at radius 3 is 2.27 bits per heavy atom. The maximum atomic E-state index is 13.2. The van der Waals surface area contributed by atoms with Crippen molar-refractivity contribution in [3.8, 4) is 6.07 Å². The molecule has 1 fully saturated rings. The summed E-state index contributed by atoms with van der Waals surface area (Å²) in [5.41, 5.74) is 1.20. The number of anilines is 1. The van der Waals surface area contributed by atoms with Crippen molar-refractivity contribution in [1.29, 1.82) is 5.26 Å². The first-order valence-electron chi connectivity index (χ1n) is 10.2. The molecule has 9 heteroatoms. The minimum atomic E-state index is -4.54. The number of halogens is 3. The van der Waals surface area contributed by atoms with Gasteiger partial charge in [0, 0.05) is 30.7 Å². The summed E-state index contributed by atoms with van der Waals surface area (Å²) in [6.45, 7) is 0.294. The first kappa shape index (κ1) is 22.8. The van der Waals surface area contributed by atoms with Crippen molar-refractivity contribution in [2.24, 2.45) is 0 Å². The second-order valence-corrected chi connectivity index (χ2v) is 9.74. The molecule has 3 aromatic rings. The van der Waals surface area contributed by atoms with Crippen LogP contribution in [0.25, 0.3) is 0 Å². The lowest BCUT2D eigenvalue weighted by molar-refractivity contribution is -0.137. The van der Waals surface area contributed by atoms with Crippen LogP contribution in [0.3, 0.4) is 0 Å². The molecule has 1 heterocycles. The van der Waals surface area contributed by atoms with Crippen LogP contribution in [0.15, 0.2) is 83.8 Å². The SMILES string of the molecule is N#Cc1cccc(N[C@H]2CN(S(=O)(=O)c3ccc(C(F)(F)F)cc3)C[C@@H]2c2ccccc2)c1. The van der Waals surface area contributed by atoms with Crippen LogP contribution in [-0.2, 0) is 16.2 Å². The van der Waals surface area contributed by atoms with Gasteiger partial charge in [0.1, 0.15) is 0 Å². The molecule has 0 spiro atoms. The third-order valence-corrected chi connectivity index (χ3v) is 7.52. The minimum Gasteiger partial charge on any atom is -0.380 e. The van der Waals surface area contributed by atoms with Crippen LogP contribution in [0, 0.1) is 11.3 Å². The Kier molecular flexibility index (Phi) is 6.15. The van der Waals surface area contributed by atoms with E-state index in [0.29, 0.717) is 11.3 Å². The van der Waals surface area contributed by atoms with Crippen molar-refractivity contribution in [3.05, 3.63) is 95.6 Å². The normalized spacial score (nSPS) is 19.2. The zero-order chi connectivity index (χ0) is 23.6. The second-order valence-electron chi connectivity index (χ2n) is 7.80. The van der Waals surface area contributed by atoms with Gasteiger partial charge < -0.3 is 5.32 Å². The van der Waals surface area contributed by atoms with Gasteiger partial charge in [0.15, 0.2) is 0 Å². The number of nitrogens with zero attached hydrogens (tertiary/aromatic N) is 2. The van der Waals surface area contributed by atoms with Crippen molar-refractivity contribution in [1.82, 2.24) is 4.31 Å². The fraction of sp³-hybridized carbons (Fsp3) is 0.208. The molecular formula is C24H20F3N3O2S. The van der Waals surface area contributed by atoms with Crippen LogP contribution < -0.4 is 5.32 Å². The maximum absolute atomic E-state index is 13.2. The lowest BCUT2D eigenvalue weighted by Crippen LogP contribution is -2.32. The van der Waals surface area contributed by atoms with Gasteiger partial charge in [0.2, 0.25) is 10.0 Å². The van der Waals surface area contributed by atoms with Gasteiger partial charge in [-0.1, -0.05) is 36.4 Å². The summed E-state index contributed by atoms with van der Waals surface area (Å²) in [6, 6.07) is 21.7. The van der Waals surface area contributed by atoms with Gasteiger partial charge in [-0.05, 0) is 48.0 Å². The molecule has 0 unspecified atom stereocenters. The van der Waals surface area contributed by atoms with E-state index in [-0.39, 0.29) is 29.9 Å². The summed E-state index contributed by atoms with van der Waals surface area (Å²) in [7, 11) is -4.01. The van der Waals surface area contributed by atoms with Gasteiger partial charge in [-0.2, -0.15) is 22.7 Å². The average molecular weight is 472 g/mol. The predicted molar refractivity (Wildman–Crippen MR) is 118 cm³/mol. The van der Waals surface area contributed by atoms with Crippen molar-refractivity contribution in [2.45, 2.75) is 23.0 Å². The Labute approximate surface area is 190 Å². The number of alkyl halides is 3. The lowest BCUT2D eigenvalue weighted by Gasteiger charge is -2.21. The van der Waals surface area contributed by atoms with E-state index in [1.807, 2.05) is 30.3 Å². The Morgan fingerprint density at radius 2 is 1.64 bits per heavy atom. The molecule has 1 aliphatic heterocycles. The van der Waals surface area contributed by atoms with E-state index in [1.165, 1.54) is 4.31 Å². The molecule has 2 atom stereocenters. The highest BCUT2D eigenvalue weighted by Crippen LogP contribution is 2.35. The number of rotatable bonds is 5. The number of nitrogens with one attached hydrogen (secondary N) is 1. The van der Waals surface area contributed by atoms with E-state index in [4.69, 9.17) is 5.26 Å². The summed E-state index contributed by atoms with van der Waals surface area (Å²) >= 11 is 0. The molecule has 3 aromatic carbocycles. The Balaban J connectivity index is 1.63. The third-order valence-electron chi connectivity index (χ3n) is 5.68. The lowest BCUT2D eigenvalue weighted by atomic mass is 9.94. The zero-order valence-electron chi connectivity index (χ0n) is 17.3. The number of benzene rings is 3. The maximum Gasteiger partial charge on any atom is 0.416 e. The van der Waals surface area contributed by atoms with Gasteiger partial charge in [0.25, 0.3) is 0 Å². The van der Waals surface area contributed by atoms with Gasteiger partial charge in [-0.25, -0.2) is 8.42 Å². The summed E-state index contributed by atoms with van der Waals surface area (Å²) in [5, 5.41) is 12.5. The van der Waals surface area contributed by atoms with E-state index in [1.54, 1.807) is 24.3 Å². The van der Waals surface area contributed by atoms with Crippen molar-refractivity contribution in [3.63, 3.8) is 0 Å². The first-order valence-corrected chi connectivity index (χ1v) is 11.6. The fourth-order valence-corrected chi connectivity index (χ4v) is 5.50. The van der Waals surface area contributed by atoms with Crippen molar-refractivity contribution >= 4 is 15.7 Å². The molecule has 0 aromatic heterocycles. The van der Waals surface area contributed by atoms with E-state index in [2.05, 4.69) is 11.4 Å². The highest BCUT2D eigenvalue weighted by atomic mass is 32.2. The molecule has 1 aliphatic rings. The number of nitriles is 1. The molecule has 1 saturated heterocycles. The highest BCUT2D eigenvalue weighted by molar-refractivity contribution is 7.89. The molecule has 0 amide bonds. The van der Waals surface area contributed by atoms with Crippen LogP contribution in [0.2, 0.25) is 0 Å². The first-order chi connectivity index (χ1) is 15.7. The Hall–Kier alpha value is -3.35. The summed E-state index contributed by atoms with van der Waals surface area (Å²) in [5.74, 6) is -0.193. The number of hydrogen-bond donors (Lipinski definition) is 1. The monoisotopic (exact) mass is 471 g/mol. The van der Waals surface area contributed by atoms with E-state index in [9.17, 15) is 21.6 Å². The van der Waals surface area contributed by atoms with Crippen molar-refractivity contribution < 1.29 is 21.6 Å². The zero-order valence-corrected chi connectivity index (χ0v) is 18.1. The van der Waals surface area contributed by atoms with Crippen LogP contribution in [0.1, 0.15) is 22.6 Å². The second kappa shape index (κ2) is 8.89. The summed E-state index contributed by atoms with van der Waals surface area (Å²) < 4.78 is 66.4. The molecule has 0 radical (unpaired) electrons. The number of sulfonamides is 1. The van der Waals surface area contributed by atoms with Gasteiger partial charge in [-0.3, -0.25) is 0 Å². The van der Waals surface area contributed by atoms with Crippen LogP contribution in [-0.4, -0.2) is 31.9 Å². The van der Waals surface area contributed by atoms with Crippen LogP contribution in [0.5, 0.6) is 0 Å². The highest BCUT2D eigenvalue weighted by Gasteiger charge is 2.40. The largest absolute Gasteiger partial charge is 0.416 e.